The fourth-order valence-electron chi connectivity index (χ4n) is 1.97. The molecule has 0 aliphatic rings. The number of nitriles is 1. The number of rotatable bonds is 4. The summed E-state index contributed by atoms with van der Waals surface area (Å²) in [5.41, 5.74) is 0.665. The Kier molecular flexibility index (Phi) is 3.99. The Balaban J connectivity index is 2.14. The zero-order chi connectivity index (χ0) is 14.6. The van der Waals surface area contributed by atoms with Crippen LogP contribution in [-0.4, -0.2) is 5.54 Å². The van der Waals surface area contributed by atoms with Gasteiger partial charge >= 0.3 is 0 Å². The number of anilines is 1. The van der Waals surface area contributed by atoms with E-state index >= 15 is 0 Å². The first kappa shape index (κ1) is 14.0. The fourth-order valence-corrected chi connectivity index (χ4v) is 1.97. The van der Waals surface area contributed by atoms with Crippen LogP contribution in [0.3, 0.4) is 0 Å². The van der Waals surface area contributed by atoms with E-state index in [-0.39, 0.29) is 11.6 Å². The first-order valence-electron chi connectivity index (χ1n) is 6.20. The number of hydrogen-bond donors (Lipinski definition) is 1. The Morgan fingerprint density at radius 2 is 1.50 bits per heavy atom. The molecule has 0 amide bonds. The molecule has 0 radical (unpaired) electrons. The third-order valence-corrected chi connectivity index (χ3v) is 2.98. The van der Waals surface area contributed by atoms with Crippen molar-refractivity contribution in [1.29, 1.82) is 5.26 Å². The predicted molar refractivity (Wildman–Crippen MR) is 74.1 cm³/mol. The highest BCUT2D eigenvalue weighted by molar-refractivity contribution is 5.48. The Morgan fingerprint density at radius 3 is 2.00 bits per heavy atom. The zero-order valence-electron chi connectivity index (χ0n) is 11.0. The molecule has 20 heavy (non-hydrogen) atoms. The SMILES string of the molecule is CC(C#N)(Cc1ccc(F)cc1)Nc1ccc(F)cc1. The monoisotopic (exact) mass is 272 g/mol. The van der Waals surface area contributed by atoms with Crippen LogP contribution in [0.5, 0.6) is 0 Å². The van der Waals surface area contributed by atoms with Gasteiger partial charge in [0.25, 0.3) is 0 Å². The van der Waals surface area contributed by atoms with Gasteiger partial charge in [-0.2, -0.15) is 5.26 Å². The summed E-state index contributed by atoms with van der Waals surface area (Å²) in [5, 5.41) is 12.4. The molecule has 2 nitrogen and oxygen atoms in total. The zero-order valence-corrected chi connectivity index (χ0v) is 11.0. The van der Waals surface area contributed by atoms with E-state index in [1.54, 1.807) is 31.2 Å². The third-order valence-electron chi connectivity index (χ3n) is 2.98. The van der Waals surface area contributed by atoms with Crippen molar-refractivity contribution in [1.82, 2.24) is 0 Å². The van der Waals surface area contributed by atoms with Crippen molar-refractivity contribution in [3.05, 3.63) is 65.7 Å². The molecule has 1 atom stereocenters. The smallest absolute Gasteiger partial charge is 0.126 e. The number of nitrogens with one attached hydrogen (secondary N) is 1. The highest BCUT2D eigenvalue weighted by Gasteiger charge is 2.24. The molecule has 1 unspecified atom stereocenters. The van der Waals surface area contributed by atoms with Crippen LogP contribution in [0.25, 0.3) is 0 Å². The van der Waals surface area contributed by atoms with E-state index in [1.165, 1.54) is 24.3 Å². The number of nitrogens with zero attached hydrogens (tertiary/aromatic N) is 1. The average Bonchev–Trinajstić information content (AvgIpc) is 2.44. The fraction of sp³-hybridized carbons (Fsp3) is 0.188. The molecule has 2 rings (SSSR count). The number of halogens is 2. The van der Waals surface area contributed by atoms with E-state index < -0.39 is 5.54 Å². The highest BCUT2D eigenvalue weighted by Crippen LogP contribution is 2.20. The van der Waals surface area contributed by atoms with Gasteiger partial charge in [-0.3, -0.25) is 0 Å². The second-order valence-corrected chi connectivity index (χ2v) is 4.88. The molecule has 0 fully saturated rings. The second-order valence-electron chi connectivity index (χ2n) is 4.88. The lowest BCUT2D eigenvalue weighted by atomic mass is 9.94. The summed E-state index contributed by atoms with van der Waals surface area (Å²) in [4.78, 5) is 0. The summed E-state index contributed by atoms with van der Waals surface area (Å²) in [6, 6.07) is 14.1. The van der Waals surface area contributed by atoms with Gasteiger partial charge in [-0.25, -0.2) is 8.78 Å². The number of hydrogen-bond acceptors (Lipinski definition) is 2. The second kappa shape index (κ2) is 5.70. The van der Waals surface area contributed by atoms with Gasteiger partial charge < -0.3 is 5.32 Å². The normalized spacial score (nSPS) is 13.3. The van der Waals surface area contributed by atoms with Crippen LogP contribution in [-0.2, 0) is 6.42 Å². The first-order valence-corrected chi connectivity index (χ1v) is 6.20. The van der Waals surface area contributed by atoms with Gasteiger partial charge in [0.15, 0.2) is 0 Å². The molecule has 0 saturated heterocycles. The minimum Gasteiger partial charge on any atom is -0.367 e. The lowest BCUT2D eigenvalue weighted by molar-refractivity contribution is 0.619. The van der Waals surface area contributed by atoms with Crippen molar-refractivity contribution < 1.29 is 8.78 Å². The van der Waals surface area contributed by atoms with Crippen LogP contribution >= 0.6 is 0 Å². The van der Waals surface area contributed by atoms with E-state index in [0.29, 0.717) is 12.1 Å². The molecule has 2 aromatic rings. The van der Waals surface area contributed by atoms with Crippen molar-refractivity contribution in [3.8, 4) is 6.07 Å². The lowest BCUT2D eigenvalue weighted by Gasteiger charge is -2.24. The first-order chi connectivity index (χ1) is 9.50. The predicted octanol–water partition coefficient (Wildman–Crippen LogP) is 3.90. The largest absolute Gasteiger partial charge is 0.367 e. The minimum absolute atomic E-state index is 0.307. The molecule has 4 heteroatoms. The maximum Gasteiger partial charge on any atom is 0.126 e. The van der Waals surface area contributed by atoms with Crippen LogP contribution in [0.4, 0.5) is 14.5 Å². The minimum atomic E-state index is -0.852. The molecular formula is C16H14F2N2. The van der Waals surface area contributed by atoms with Crippen molar-refractivity contribution in [2.75, 3.05) is 5.32 Å². The van der Waals surface area contributed by atoms with Gasteiger partial charge in [0.05, 0.1) is 6.07 Å². The van der Waals surface area contributed by atoms with Crippen LogP contribution in [0.1, 0.15) is 12.5 Å². The quantitative estimate of drug-likeness (QED) is 0.916. The van der Waals surface area contributed by atoms with Crippen LogP contribution in [0.15, 0.2) is 48.5 Å². The van der Waals surface area contributed by atoms with E-state index in [0.717, 1.165) is 5.56 Å². The average molecular weight is 272 g/mol. The van der Waals surface area contributed by atoms with Crippen molar-refractivity contribution >= 4 is 5.69 Å². The van der Waals surface area contributed by atoms with E-state index in [9.17, 15) is 14.0 Å². The molecule has 0 aromatic heterocycles. The summed E-state index contributed by atoms with van der Waals surface area (Å²) in [6.45, 7) is 1.75. The maximum absolute atomic E-state index is 12.9. The Hall–Kier alpha value is -2.41. The van der Waals surface area contributed by atoms with E-state index in [1.807, 2.05) is 0 Å². The molecule has 0 bridgehead atoms. The Bertz CT molecular complexity index is 565. The standard InChI is InChI=1S/C16H14F2N2/c1-16(11-19,10-12-2-4-13(17)5-3-12)20-15-8-6-14(18)7-9-15/h2-9,20H,10H2,1H3. The summed E-state index contributed by atoms with van der Waals surface area (Å²) >= 11 is 0. The van der Waals surface area contributed by atoms with Gasteiger partial charge in [-0.15, -0.1) is 0 Å². The molecule has 0 spiro atoms. The van der Waals surface area contributed by atoms with Gasteiger partial charge in [-0.05, 0) is 48.9 Å². The molecule has 0 aliphatic heterocycles. The lowest BCUT2D eigenvalue weighted by Crippen LogP contribution is -2.35. The molecule has 0 saturated carbocycles. The summed E-state index contributed by atoms with van der Waals surface area (Å²) < 4.78 is 25.7. The molecule has 1 N–H and O–H groups in total. The molecular weight excluding hydrogens is 258 g/mol. The van der Waals surface area contributed by atoms with Gasteiger partial charge in [0.2, 0.25) is 0 Å². The van der Waals surface area contributed by atoms with Crippen LogP contribution in [0.2, 0.25) is 0 Å². The number of benzene rings is 2. The van der Waals surface area contributed by atoms with Crippen LogP contribution < -0.4 is 5.32 Å². The molecule has 0 heterocycles. The van der Waals surface area contributed by atoms with E-state index in [2.05, 4.69) is 11.4 Å². The van der Waals surface area contributed by atoms with Gasteiger partial charge in [0.1, 0.15) is 17.2 Å². The highest BCUT2D eigenvalue weighted by atomic mass is 19.1. The van der Waals surface area contributed by atoms with Gasteiger partial charge in [0, 0.05) is 12.1 Å². The molecule has 102 valence electrons. The topological polar surface area (TPSA) is 35.8 Å². The van der Waals surface area contributed by atoms with Crippen molar-refractivity contribution in [2.24, 2.45) is 0 Å². The third kappa shape index (κ3) is 3.55. The Labute approximate surface area is 116 Å². The van der Waals surface area contributed by atoms with E-state index in [4.69, 9.17) is 0 Å². The summed E-state index contributed by atoms with van der Waals surface area (Å²) in [7, 11) is 0. The van der Waals surface area contributed by atoms with Crippen molar-refractivity contribution in [3.63, 3.8) is 0 Å². The Morgan fingerprint density at radius 1 is 1.00 bits per heavy atom. The molecule has 0 aliphatic carbocycles. The van der Waals surface area contributed by atoms with Gasteiger partial charge in [-0.1, -0.05) is 12.1 Å². The van der Waals surface area contributed by atoms with Crippen molar-refractivity contribution in [2.45, 2.75) is 18.9 Å². The summed E-state index contributed by atoms with van der Waals surface area (Å²) in [6.07, 6.45) is 0.418. The maximum atomic E-state index is 12.9. The summed E-state index contributed by atoms with van der Waals surface area (Å²) in [5.74, 6) is -0.633. The van der Waals surface area contributed by atoms with Crippen LogP contribution in [0, 0.1) is 23.0 Å². The molecule has 2 aromatic carbocycles.